The molecular formula is C31H53N3O3. The van der Waals surface area contributed by atoms with Crippen LogP contribution in [0.5, 0.6) is 0 Å². The van der Waals surface area contributed by atoms with Crippen LogP contribution in [0.25, 0.3) is 0 Å². The van der Waals surface area contributed by atoms with Gasteiger partial charge in [0.2, 0.25) is 0 Å². The van der Waals surface area contributed by atoms with Gasteiger partial charge in [-0.05, 0) is 110 Å². The van der Waals surface area contributed by atoms with Crippen LogP contribution in [0.4, 0.5) is 0 Å². The quantitative estimate of drug-likeness (QED) is 0.412. The van der Waals surface area contributed by atoms with E-state index in [-0.39, 0.29) is 16.5 Å². The fraction of sp³-hybridized carbons (Fsp3) is 0.903. The summed E-state index contributed by atoms with van der Waals surface area (Å²) in [6.07, 6.45) is 23.6. The monoisotopic (exact) mass is 515 g/mol. The average molecular weight is 516 g/mol. The maximum absolute atomic E-state index is 11.9. The molecule has 0 aromatic rings. The van der Waals surface area contributed by atoms with E-state index in [2.05, 4.69) is 16.0 Å². The summed E-state index contributed by atoms with van der Waals surface area (Å²) in [5, 5.41) is 10.3. The number of nitrogens with one attached hydrogen (secondary N) is 3. The molecule has 3 N–H and O–H groups in total. The average Bonchev–Trinajstić information content (AvgIpc) is 3.11. The van der Waals surface area contributed by atoms with E-state index in [9.17, 15) is 14.4 Å². The van der Waals surface area contributed by atoms with Crippen LogP contribution in [0.15, 0.2) is 0 Å². The van der Waals surface area contributed by atoms with Crippen molar-refractivity contribution in [2.24, 2.45) is 5.41 Å². The lowest BCUT2D eigenvalue weighted by Gasteiger charge is -2.39. The number of Topliss-reactive ketones (excluding diaryl/α,β-unsaturated/α-hetero) is 3. The van der Waals surface area contributed by atoms with Crippen LogP contribution in [0.1, 0.15) is 135 Å². The normalized spacial score (nSPS) is 36.8. The molecule has 210 valence electrons. The Kier molecular flexibility index (Phi) is 10.8. The number of hydrogen-bond donors (Lipinski definition) is 3. The zero-order valence-electron chi connectivity index (χ0n) is 23.4. The van der Waals surface area contributed by atoms with E-state index in [1.165, 1.54) is 57.8 Å². The van der Waals surface area contributed by atoms with Crippen LogP contribution in [0.3, 0.4) is 0 Å². The van der Waals surface area contributed by atoms with Crippen molar-refractivity contribution < 1.29 is 14.4 Å². The topological polar surface area (TPSA) is 87.3 Å². The first-order valence-corrected chi connectivity index (χ1v) is 15.8. The van der Waals surface area contributed by atoms with Crippen LogP contribution >= 0.6 is 0 Å². The highest BCUT2D eigenvalue weighted by atomic mass is 16.1. The molecule has 3 spiro atoms. The van der Waals surface area contributed by atoms with Gasteiger partial charge in [0.05, 0.1) is 11.1 Å². The summed E-state index contributed by atoms with van der Waals surface area (Å²) in [6.45, 7) is 4.15. The summed E-state index contributed by atoms with van der Waals surface area (Å²) >= 11 is 0. The number of carbonyl (C=O) groups excluding carboxylic acids is 3. The molecule has 3 saturated heterocycles. The van der Waals surface area contributed by atoms with Gasteiger partial charge in [-0.1, -0.05) is 25.7 Å². The fourth-order valence-electron chi connectivity index (χ4n) is 7.77. The number of carbonyl (C=O) groups is 3. The van der Waals surface area contributed by atoms with E-state index < -0.39 is 0 Å². The van der Waals surface area contributed by atoms with Gasteiger partial charge in [0, 0.05) is 31.2 Å². The molecule has 3 aliphatic heterocycles. The van der Waals surface area contributed by atoms with Crippen LogP contribution in [0.2, 0.25) is 0 Å². The van der Waals surface area contributed by atoms with Gasteiger partial charge in [0.15, 0.2) is 11.6 Å². The Balaban J connectivity index is 0.000000130. The third kappa shape index (κ3) is 7.30. The molecule has 37 heavy (non-hydrogen) atoms. The first-order chi connectivity index (χ1) is 18.0. The highest BCUT2D eigenvalue weighted by molar-refractivity contribution is 5.89. The second-order valence-corrected chi connectivity index (χ2v) is 12.7. The van der Waals surface area contributed by atoms with Gasteiger partial charge in [-0.3, -0.25) is 14.4 Å². The van der Waals surface area contributed by atoms with Gasteiger partial charge in [0.25, 0.3) is 0 Å². The predicted octanol–water partition coefficient (Wildman–Crippen LogP) is 5.17. The van der Waals surface area contributed by atoms with Crippen LogP contribution in [0, 0.1) is 5.41 Å². The van der Waals surface area contributed by atoms with E-state index in [4.69, 9.17) is 0 Å². The van der Waals surface area contributed by atoms with Gasteiger partial charge < -0.3 is 16.0 Å². The maximum Gasteiger partial charge on any atom is 0.152 e. The Morgan fingerprint density at radius 1 is 0.432 bits per heavy atom. The number of ketones is 3. The number of rotatable bonds is 0. The molecule has 3 unspecified atom stereocenters. The molecule has 6 fully saturated rings. The lowest BCUT2D eigenvalue weighted by Crippen LogP contribution is -2.55. The summed E-state index contributed by atoms with van der Waals surface area (Å²) in [7, 11) is 0. The molecule has 6 nitrogen and oxygen atoms in total. The Morgan fingerprint density at radius 2 is 0.892 bits per heavy atom. The van der Waals surface area contributed by atoms with Gasteiger partial charge in [0.1, 0.15) is 5.78 Å². The first kappa shape index (κ1) is 28.9. The molecule has 3 atom stereocenters. The van der Waals surface area contributed by atoms with E-state index in [0.717, 1.165) is 103 Å². The van der Waals surface area contributed by atoms with Crippen molar-refractivity contribution in [3.8, 4) is 0 Å². The number of piperidine rings is 3. The van der Waals surface area contributed by atoms with Crippen molar-refractivity contribution in [3.05, 3.63) is 0 Å². The van der Waals surface area contributed by atoms with Crippen LogP contribution < -0.4 is 16.0 Å². The van der Waals surface area contributed by atoms with Crippen LogP contribution in [-0.4, -0.2) is 54.6 Å². The molecule has 3 aliphatic carbocycles. The lowest BCUT2D eigenvalue weighted by molar-refractivity contribution is -0.132. The minimum atomic E-state index is -0.0885. The summed E-state index contributed by atoms with van der Waals surface area (Å²) in [5.74, 6) is 1.50. The smallest absolute Gasteiger partial charge is 0.152 e. The van der Waals surface area contributed by atoms with E-state index in [1.807, 2.05) is 0 Å². The first-order valence-electron chi connectivity index (χ1n) is 15.8. The summed E-state index contributed by atoms with van der Waals surface area (Å²) in [4.78, 5) is 35.4. The Bertz CT molecular complexity index is 703. The largest absolute Gasteiger partial charge is 0.316 e. The third-order valence-corrected chi connectivity index (χ3v) is 10.2. The summed E-state index contributed by atoms with van der Waals surface area (Å²) in [5.41, 5.74) is -0.0955. The van der Waals surface area contributed by atoms with E-state index in [1.54, 1.807) is 0 Å². The van der Waals surface area contributed by atoms with Crippen molar-refractivity contribution in [3.63, 3.8) is 0 Å². The van der Waals surface area contributed by atoms with Crippen molar-refractivity contribution in [2.45, 2.75) is 146 Å². The van der Waals surface area contributed by atoms with Gasteiger partial charge in [-0.15, -0.1) is 0 Å². The minimum Gasteiger partial charge on any atom is -0.316 e. The molecule has 0 aromatic heterocycles. The molecule has 3 saturated carbocycles. The van der Waals surface area contributed by atoms with Gasteiger partial charge in [-0.2, -0.15) is 0 Å². The van der Waals surface area contributed by atoms with Crippen molar-refractivity contribution in [1.82, 2.24) is 16.0 Å². The maximum atomic E-state index is 11.9. The zero-order valence-corrected chi connectivity index (χ0v) is 23.4. The molecule has 6 heteroatoms. The van der Waals surface area contributed by atoms with Gasteiger partial charge in [-0.25, -0.2) is 0 Å². The van der Waals surface area contributed by atoms with E-state index >= 15 is 0 Å². The molecule has 0 radical (unpaired) electrons. The molecule has 6 rings (SSSR count). The highest BCUT2D eigenvalue weighted by Crippen LogP contribution is 2.38. The Morgan fingerprint density at radius 3 is 1.41 bits per heavy atom. The van der Waals surface area contributed by atoms with E-state index in [0.29, 0.717) is 17.3 Å². The van der Waals surface area contributed by atoms with Gasteiger partial charge >= 0.3 is 0 Å². The highest BCUT2D eigenvalue weighted by Gasteiger charge is 2.41. The predicted molar refractivity (Wildman–Crippen MR) is 149 cm³/mol. The lowest BCUT2D eigenvalue weighted by atomic mass is 9.69. The standard InChI is InChI=1S/C11H19NO.2C10H17NO/c13-10-6-2-1-3-7-11(10)8-4-5-9-12-11;12-9-5-1-2-6-10(9)7-3-4-8-11-10;12-9-4-1-2-5-10(9)6-3-7-11-8-10/h12H,1-9H2;2*11H,1-8H2. The second kappa shape index (κ2) is 13.8. The summed E-state index contributed by atoms with van der Waals surface area (Å²) in [6, 6.07) is 0. The number of hydrogen-bond acceptors (Lipinski definition) is 6. The SMILES string of the molecule is O=C1CCCCC12CCCCN2.O=C1CCCCC12CCCNC2.O=C1CCCCCC12CCCCN2. The molecule has 3 heterocycles. The Hall–Kier alpha value is -1.11. The summed E-state index contributed by atoms with van der Waals surface area (Å²) < 4.78 is 0. The van der Waals surface area contributed by atoms with Crippen molar-refractivity contribution >= 4 is 17.3 Å². The third-order valence-electron chi connectivity index (χ3n) is 10.2. The second-order valence-electron chi connectivity index (χ2n) is 12.7. The van der Waals surface area contributed by atoms with Crippen molar-refractivity contribution in [1.29, 1.82) is 0 Å². The van der Waals surface area contributed by atoms with Crippen LogP contribution in [-0.2, 0) is 14.4 Å². The molecular weight excluding hydrogens is 462 g/mol. The molecule has 0 amide bonds. The molecule has 0 bridgehead atoms. The van der Waals surface area contributed by atoms with Crippen molar-refractivity contribution in [2.75, 3.05) is 26.2 Å². The minimum absolute atomic E-state index is 0.0660. The zero-order chi connectivity index (χ0) is 26.0. The Labute approximate surface area is 225 Å². The molecule has 0 aromatic carbocycles. The molecule has 6 aliphatic rings. The fourth-order valence-corrected chi connectivity index (χ4v) is 7.77.